The van der Waals surface area contributed by atoms with Gasteiger partial charge in [0.2, 0.25) is 0 Å². The Bertz CT molecular complexity index is 232. The van der Waals surface area contributed by atoms with Crippen molar-refractivity contribution in [1.82, 2.24) is 0 Å². The van der Waals surface area contributed by atoms with Crippen molar-refractivity contribution in [2.24, 2.45) is 5.92 Å². The first-order chi connectivity index (χ1) is 7.99. The number of halogens is 3. The average Bonchev–Trinajstić information content (AvgIpc) is 2.74. The topological polar surface area (TPSA) is 26.3 Å². The van der Waals surface area contributed by atoms with Crippen LogP contribution < -0.4 is 0 Å². The van der Waals surface area contributed by atoms with Gasteiger partial charge in [0, 0.05) is 18.9 Å². The predicted octanol–water partition coefficient (Wildman–Crippen LogP) is 3.49. The maximum absolute atomic E-state index is 11.7. The Morgan fingerprint density at radius 3 is 2.41 bits per heavy atom. The van der Waals surface area contributed by atoms with E-state index in [2.05, 4.69) is 4.74 Å². The summed E-state index contributed by atoms with van der Waals surface area (Å²) in [6, 6.07) is 0. The number of Topliss-reactive ketones (excluding diaryl/α,β-unsaturated/α-hetero) is 1. The first-order valence-electron chi connectivity index (χ1n) is 6.16. The normalized spacial score (nSPS) is 17.6. The molecule has 0 radical (unpaired) electrons. The number of carbonyl (C=O) groups is 1. The number of alkyl halides is 3. The summed E-state index contributed by atoms with van der Waals surface area (Å²) in [7, 11) is 0. The first-order valence-corrected chi connectivity index (χ1v) is 6.16. The van der Waals surface area contributed by atoms with Gasteiger partial charge in [0.1, 0.15) is 12.4 Å². The number of rotatable bonds is 7. The molecule has 0 atom stereocenters. The van der Waals surface area contributed by atoms with Crippen molar-refractivity contribution < 1.29 is 22.7 Å². The lowest BCUT2D eigenvalue weighted by molar-refractivity contribution is -0.174. The van der Waals surface area contributed by atoms with Crippen molar-refractivity contribution in [1.29, 1.82) is 0 Å². The minimum atomic E-state index is -4.25. The van der Waals surface area contributed by atoms with E-state index >= 15 is 0 Å². The van der Waals surface area contributed by atoms with E-state index in [0.717, 1.165) is 25.7 Å². The second-order valence-corrected chi connectivity index (χ2v) is 4.57. The molecular weight excluding hydrogens is 233 g/mol. The van der Waals surface area contributed by atoms with Crippen LogP contribution in [0.5, 0.6) is 0 Å². The van der Waals surface area contributed by atoms with Crippen LogP contribution in [0.3, 0.4) is 0 Å². The highest BCUT2D eigenvalue weighted by Crippen LogP contribution is 2.26. The van der Waals surface area contributed by atoms with Crippen molar-refractivity contribution in [3.63, 3.8) is 0 Å². The van der Waals surface area contributed by atoms with E-state index in [4.69, 9.17) is 0 Å². The zero-order chi connectivity index (χ0) is 12.7. The molecule has 0 aromatic rings. The van der Waals surface area contributed by atoms with Crippen LogP contribution in [0.15, 0.2) is 0 Å². The van der Waals surface area contributed by atoms with Crippen LogP contribution in [0.2, 0.25) is 0 Å². The Balaban J connectivity index is 1.95. The first kappa shape index (κ1) is 14.5. The van der Waals surface area contributed by atoms with E-state index in [1.54, 1.807) is 0 Å². The maximum Gasteiger partial charge on any atom is 0.411 e. The van der Waals surface area contributed by atoms with Gasteiger partial charge in [0.15, 0.2) is 0 Å². The van der Waals surface area contributed by atoms with Gasteiger partial charge in [0.25, 0.3) is 0 Å². The van der Waals surface area contributed by atoms with E-state index in [9.17, 15) is 18.0 Å². The SMILES string of the molecule is O=C(CCCCOCC(F)(F)F)C1CCCC1. The lowest BCUT2D eigenvalue weighted by Crippen LogP contribution is -2.17. The number of unbranched alkanes of at least 4 members (excludes halogenated alkanes) is 1. The zero-order valence-corrected chi connectivity index (χ0v) is 9.89. The van der Waals surface area contributed by atoms with Gasteiger partial charge in [0.05, 0.1) is 0 Å². The minimum absolute atomic E-state index is 0.0808. The molecular formula is C12H19F3O2. The third kappa shape index (κ3) is 6.66. The molecule has 0 heterocycles. The molecule has 0 aromatic heterocycles. The van der Waals surface area contributed by atoms with Gasteiger partial charge in [-0.1, -0.05) is 12.8 Å². The molecule has 0 spiro atoms. The molecule has 1 aliphatic carbocycles. The second kappa shape index (κ2) is 6.99. The van der Waals surface area contributed by atoms with E-state index in [-0.39, 0.29) is 18.3 Å². The van der Waals surface area contributed by atoms with Crippen LogP contribution in [0, 0.1) is 5.92 Å². The van der Waals surface area contributed by atoms with E-state index in [1.165, 1.54) is 0 Å². The van der Waals surface area contributed by atoms with Crippen molar-refractivity contribution >= 4 is 5.78 Å². The standard InChI is InChI=1S/C12H19F3O2/c13-12(14,15)9-17-8-4-3-7-11(16)10-5-1-2-6-10/h10H,1-9H2. The number of hydrogen-bond acceptors (Lipinski definition) is 2. The highest BCUT2D eigenvalue weighted by atomic mass is 19.4. The molecule has 100 valence electrons. The summed E-state index contributed by atoms with van der Waals surface area (Å²) in [5.74, 6) is 0.490. The van der Waals surface area contributed by atoms with Crippen LogP contribution in [0.1, 0.15) is 44.9 Å². The summed E-state index contributed by atoms with van der Waals surface area (Å²) in [6.45, 7) is -1.11. The molecule has 5 heteroatoms. The number of carbonyl (C=O) groups excluding carboxylic acids is 1. The Morgan fingerprint density at radius 2 is 1.82 bits per heavy atom. The molecule has 0 saturated heterocycles. The van der Waals surface area contributed by atoms with Crippen molar-refractivity contribution in [2.75, 3.05) is 13.2 Å². The van der Waals surface area contributed by atoms with Gasteiger partial charge < -0.3 is 4.74 Å². The number of ether oxygens (including phenoxy) is 1. The fraction of sp³-hybridized carbons (Fsp3) is 0.917. The van der Waals surface area contributed by atoms with Crippen molar-refractivity contribution in [3.8, 4) is 0 Å². The third-order valence-electron chi connectivity index (χ3n) is 3.04. The zero-order valence-electron chi connectivity index (χ0n) is 9.89. The van der Waals surface area contributed by atoms with E-state index in [0.29, 0.717) is 19.3 Å². The predicted molar refractivity (Wildman–Crippen MR) is 57.7 cm³/mol. The molecule has 2 nitrogen and oxygen atoms in total. The lowest BCUT2D eigenvalue weighted by atomic mass is 9.98. The molecule has 0 amide bonds. The van der Waals surface area contributed by atoms with Gasteiger partial charge in [-0.25, -0.2) is 0 Å². The molecule has 1 aliphatic rings. The van der Waals surface area contributed by atoms with Crippen LogP contribution in [0.4, 0.5) is 13.2 Å². The van der Waals surface area contributed by atoms with E-state index in [1.807, 2.05) is 0 Å². The summed E-state index contributed by atoms with van der Waals surface area (Å²) in [5.41, 5.74) is 0. The van der Waals surface area contributed by atoms with Crippen LogP contribution >= 0.6 is 0 Å². The Morgan fingerprint density at radius 1 is 1.18 bits per heavy atom. The van der Waals surface area contributed by atoms with Crippen molar-refractivity contribution in [2.45, 2.75) is 51.1 Å². The van der Waals surface area contributed by atoms with Crippen LogP contribution in [-0.2, 0) is 9.53 Å². The largest absolute Gasteiger partial charge is 0.411 e. The molecule has 17 heavy (non-hydrogen) atoms. The highest BCUT2D eigenvalue weighted by molar-refractivity contribution is 5.81. The lowest BCUT2D eigenvalue weighted by Gasteiger charge is -2.09. The van der Waals surface area contributed by atoms with Gasteiger partial charge in [-0.2, -0.15) is 13.2 Å². The van der Waals surface area contributed by atoms with Crippen LogP contribution in [0.25, 0.3) is 0 Å². The maximum atomic E-state index is 11.7. The smallest absolute Gasteiger partial charge is 0.372 e. The Labute approximate surface area is 99.5 Å². The Kier molecular flexibility index (Phi) is 5.95. The molecule has 1 saturated carbocycles. The molecule has 0 aliphatic heterocycles. The summed E-state index contributed by atoms with van der Waals surface area (Å²) < 4.78 is 39.6. The molecule has 0 aromatic carbocycles. The molecule has 0 N–H and O–H groups in total. The third-order valence-corrected chi connectivity index (χ3v) is 3.04. The second-order valence-electron chi connectivity index (χ2n) is 4.57. The summed E-state index contributed by atoms with van der Waals surface area (Å²) >= 11 is 0. The fourth-order valence-electron chi connectivity index (χ4n) is 2.14. The van der Waals surface area contributed by atoms with Gasteiger partial charge >= 0.3 is 6.18 Å². The summed E-state index contributed by atoms with van der Waals surface area (Å²) in [5, 5.41) is 0. The average molecular weight is 252 g/mol. The molecule has 1 rings (SSSR count). The molecule has 0 bridgehead atoms. The number of hydrogen-bond donors (Lipinski definition) is 0. The molecule has 1 fully saturated rings. The van der Waals surface area contributed by atoms with Gasteiger partial charge in [-0.3, -0.25) is 4.79 Å². The van der Waals surface area contributed by atoms with E-state index < -0.39 is 12.8 Å². The quantitative estimate of drug-likeness (QED) is 0.648. The summed E-state index contributed by atoms with van der Waals surface area (Å²) in [6.07, 6.45) is 1.63. The summed E-state index contributed by atoms with van der Waals surface area (Å²) in [4.78, 5) is 11.6. The Hall–Kier alpha value is -0.580. The van der Waals surface area contributed by atoms with Gasteiger partial charge in [-0.15, -0.1) is 0 Å². The van der Waals surface area contributed by atoms with Crippen LogP contribution in [-0.4, -0.2) is 25.2 Å². The van der Waals surface area contributed by atoms with Gasteiger partial charge in [-0.05, 0) is 25.7 Å². The monoisotopic (exact) mass is 252 g/mol. The fourth-order valence-corrected chi connectivity index (χ4v) is 2.14. The van der Waals surface area contributed by atoms with Crippen molar-refractivity contribution in [3.05, 3.63) is 0 Å². The number of ketones is 1. The minimum Gasteiger partial charge on any atom is -0.372 e. The highest BCUT2D eigenvalue weighted by Gasteiger charge is 2.27. The molecule has 0 unspecified atom stereocenters.